The third kappa shape index (κ3) is 17.9. The summed E-state index contributed by atoms with van der Waals surface area (Å²) in [6.45, 7) is 2.24. The van der Waals surface area contributed by atoms with Crippen LogP contribution >= 0.6 is 0 Å². The first-order valence-electron chi connectivity index (χ1n) is 9.09. The van der Waals surface area contributed by atoms with Crippen molar-refractivity contribution in [1.29, 1.82) is 0 Å². The minimum atomic E-state index is -3.82. The Morgan fingerprint density at radius 1 is 0.727 bits per heavy atom. The molecule has 0 aliphatic carbocycles. The molecule has 0 aromatic heterocycles. The fraction of sp³-hybridized carbons (Fsp3) is 1.00. The fourth-order valence-corrected chi connectivity index (χ4v) is 3.25. The molecule has 0 aliphatic rings. The van der Waals surface area contributed by atoms with Crippen LogP contribution in [0.2, 0.25) is 0 Å². The molecule has 0 aliphatic heterocycles. The van der Waals surface area contributed by atoms with Crippen molar-refractivity contribution < 1.29 is 18.1 Å². The molecule has 0 aromatic rings. The molecule has 5 heteroatoms. The van der Waals surface area contributed by atoms with Crippen LogP contribution in [-0.4, -0.2) is 29.9 Å². The van der Waals surface area contributed by atoms with Crippen molar-refractivity contribution in [3.8, 4) is 0 Å². The Morgan fingerprint density at radius 2 is 1.14 bits per heavy atom. The summed E-state index contributed by atoms with van der Waals surface area (Å²) >= 11 is 0. The van der Waals surface area contributed by atoms with Crippen LogP contribution < -0.4 is 0 Å². The quantitative estimate of drug-likeness (QED) is 0.316. The summed E-state index contributed by atoms with van der Waals surface area (Å²) in [6, 6.07) is 0. The lowest BCUT2D eigenvalue weighted by Crippen LogP contribution is -2.07. The summed E-state index contributed by atoms with van der Waals surface area (Å²) in [6.07, 6.45) is 15.0. The predicted octanol–water partition coefficient (Wildman–Crippen LogP) is 4.72. The Bertz CT molecular complexity index is 328. The van der Waals surface area contributed by atoms with Gasteiger partial charge in [-0.1, -0.05) is 77.6 Å². The van der Waals surface area contributed by atoms with Gasteiger partial charge in [0.2, 0.25) is 0 Å². The molecular formula is C17H36O4S. The molecule has 1 unspecified atom stereocenters. The van der Waals surface area contributed by atoms with E-state index in [1.807, 2.05) is 0 Å². The van der Waals surface area contributed by atoms with Crippen molar-refractivity contribution in [3.05, 3.63) is 0 Å². The molecule has 0 radical (unpaired) electrons. The predicted molar refractivity (Wildman–Crippen MR) is 92.7 cm³/mol. The Labute approximate surface area is 137 Å². The summed E-state index contributed by atoms with van der Waals surface area (Å²) in [7, 11) is -3.82. The zero-order valence-corrected chi connectivity index (χ0v) is 15.1. The summed E-state index contributed by atoms with van der Waals surface area (Å²) in [5, 5.41) is 9.84. The molecule has 0 amide bonds. The normalized spacial score (nSPS) is 13.4. The lowest BCUT2D eigenvalue weighted by atomic mass is 10.0. The van der Waals surface area contributed by atoms with E-state index in [4.69, 9.17) is 4.55 Å². The van der Waals surface area contributed by atoms with Crippen LogP contribution in [0, 0.1) is 0 Å². The van der Waals surface area contributed by atoms with Crippen LogP contribution in [0.3, 0.4) is 0 Å². The van der Waals surface area contributed by atoms with Gasteiger partial charge < -0.3 is 5.11 Å². The van der Waals surface area contributed by atoms with Gasteiger partial charge in [-0.3, -0.25) is 4.55 Å². The molecule has 134 valence electrons. The number of rotatable bonds is 16. The van der Waals surface area contributed by atoms with Gasteiger partial charge >= 0.3 is 0 Å². The van der Waals surface area contributed by atoms with Gasteiger partial charge in [0.05, 0.1) is 11.9 Å². The molecule has 0 bridgehead atoms. The molecule has 22 heavy (non-hydrogen) atoms. The summed E-state index contributed by atoms with van der Waals surface area (Å²) in [5.74, 6) is -0.165. The molecule has 0 aromatic carbocycles. The molecule has 4 nitrogen and oxygen atoms in total. The van der Waals surface area contributed by atoms with Gasteiger partial charge in [0.15, 0.2) is 0 Å². The fourth-order valence-electron chi connectivity index (χ4n) is 2.68. The van der Waals surface area contributed by atoms with E-state index in [2.05, 4.69) is 6.92 Å². The third-order valence-electron chi connectivity index (χ3n) is 4.08. The summed E-state index contributed by atoms with van der Waals surface area (Å²) < 4.78 is 29.7. The van der Waals surface area contributed by atoms with E-state index in [0.717, 1.165) is 32.1 Å². The van der Waals surface area contributed by atoms with E-state index in [0.29, 0.717) is 6.42 Å². The van der Waals surface area contributed by atoms with Gasteiger partial charge in [0.25, 0.3) is 10.1 Å². The van der Waals surface area contributed by atoms with Crippen molar-refractivity contribution in [3.63, 3.8) is 0 Å². The Kier molecular flexibility index (Phi) is 14.4. The maximum absolute atomic E-state index is 10.5. The summed E-state index contributed by atoms with van der Waals surface area (Å²) in [5.41, 5.74) is 0. The van der Waals surface area contributed by atoms with Gasteiger partial charge in [0, 0.05) is 0 Å². The highest BCUT2D eigenvalue weighted by Gasteiger charge is 2.06. The molecule has 0 saturated carbocycles. The van der Waals surface area contributed by atoms with Crippen LogP contribution in [0.1, 0.15) is 96.8 Å². The topological polar surface area (TPSA) is 74.6 Å². The first-order valence-corrected chi connectivity index (χ1v) is 10.7. The first-order chi connectivity index (χ1) is 10.5. The Hall–Kier alpha value is -0.130. The van der Waals surface area contributed by atoms with E-state index >= 15 is 0 Å². The molecule has 0 fully saturated rings. The number of aliphatic hydroxyl groups excluding tert-OH is 1. The standard InChI is InChI=1S/C17H36O4S/c1-2-3-4-5-6-7-8-9-11-14-17(18)15-12-10-13-16-22(19,20)21/h17-18H,2-16H2,1H3,(H,19,20,21). The van der Waals surface area contributed by atoms with Gasteiger partial charge in [-0.15, -0.1) is 0 Å². The van der Waals surface area contributed by atoms with Gasteiger partial charge in [-0.2, -0.15) is 8.42 Å². The van der Waals surface area contributed by atoms with Crippen LogP contribution in [0.4, 0.5) is 0 Å². The lowest BCUT2D eigenvalue weighted by Gasteiger charge is -2.10. The van der Waals surface area contributed by atoms with Gasteiger partial charge in [-0.05, 0) is 19.3 Å². The Morgan fingerprint density at radius 3 is 1.59 bits per heavy atom. The average molecular weight is 337 g/mol. The second kappa shape index (κ2) is 14.5. The highest BCUT2D eigenvalue weighted by atomic mass is 32.2. The van der Waals surface area contributed by atoms with Crippen LogP contribution in [-0.2, 0) is 10.1 Å². The highest BCUT2D eigenvalue weighted by molar-refractivity contribution is 7.85. The Balaban J connectivity index is 3.24. The van der Waals surface area contributed by atoms with E-state index in [-0.39, 0.29) is 11.9 Å². The van der Waals surface area contributed by atoms with Crippen LogP contribution in [0.5, 0.6) is 0 Å². The molecule has 0 spiro atoms. The largest absolute Gasteiger partial charge is 0.393 e. The molecule has 0 rings (SSSR count). The second-order valence-electron chi connectivity index (χ2n) is 6.41. The molecule has 2 N–H and O–H groups in total. The number of hydrogen-bond acceptors (Lipinski definition) is 3. The number of hydrogen-bond donors (Lipinski definition) is 2. The van der Waals surface area contributed by atoms with E-state index in [1.54, 1.807) is 0 Å². The lowest BCUT2D eigenvalue weighted by molar-refractivity contribution is 0.147. The van der Waals surface area contributed by atoms with Crippen LogP contribution in [0.15, 0.2) is 0 Å². The smallest absolute Gasteiger partial charge is 0.264 e. The highest BCUT2D eigenvalue weighted by Crippen LogP contribution is 2.14. The van der Waals surface area contributed by atoms with E-state index in [1.165, 1.54) is 51.4 Å². The van der Waals surface area contributed by atoms with Crippen molar-refractivity contribution >= 4 is 10.1 Å². The molecular weight excluding hydrogens is 300 g/mol. The van der Waals surface area contributed by atoms with Crippen molar-refractivity contribution in [2.24, 2.45) is 0 Å². The minimum Gasteiger partial charge on any atom is -0.393 e. The van der Waals surface area contributed by atoms with E-state index in [9.17, 15) is 13.5 Å². The van der Waals surface area contributed by atoms with Crippen LogP contribution in [0.25, 0.3) is 0 Å². The van der Waals surface area contributed by atoms with Gasteiger partial charge in [0.1, 0.15) is 0 Å². The summed E-state index contributed by atoms with van der Waals surface area (Å²) in [4.78, 5) is 0. The molecule has 1 atom stereocenters. The monoisotopic (exact) mass is 336 g/mol. The minimum absolute atomic E-state index is 0.165. The number of unbranched alkanes of at least 4 members (excludes halogenated alkanes) is 10. The first kappa shape index (κ1) is 21.9. The van der Waals surface area contributed by atoms with Crippen molar-refractivity contribution in [1.82, 2.24) is 0 Å². The average Bonchev–Trinajstić information content (AvgIpc) is 2.44. The molecule has 0 saturated heterocycles. The maximum atomic E-state index is 10.5. The second-order valence-corrected chi connectivity index (χ2v) is 7.98. The zero-order valence-electron chi connectivity index (χ0n) is 14.3. The van der Waals surface area contributed by atoms with Crippen molar-refractivity contribution in [2.75, 3.05) is 5.75 Å². The van der Waals surface area contributed by atoms with E-state index < -0.39 is 10.1 Å². The zero-order chi connectivity index (χ0) is 16.7. The maximum Gasteiger partial charge on any atom is 0.264 e. The number of aliphatic hydroxyl groups is 1. The molecule has 0 heterocycles. The third-order valence-corrected chi connectivity index (χ3v) is 4.89. The van der Waals surface area contributed by atoms with Crippen molar-refractivity contribution in [2.45, 2.75) is 103 Å². The SMILES string of the molecule is CCCCCCCCCCCC(O)CCCCCS(=O)(=O)O. The van der Waals surface area contributed by atoms with Gasteiger partial charge in [-0.25, -0.2) is 0 Å².